The van der Waals surface area contributed by atoms with Gasteiger partial charge in [0.25, 0.3) is 0 Å². The van der Waals surface area contributed by atoms with Crippen molar-refractivity contribution in [3.63, 3.8) is 0 Å². The molecule has 0 aliphatic heterocycles. The van der Waals surface area contributed by atoms with E-state index in [0.717, 1.165) is 24.3 Å². The number of fused-ring (bicyclic) bond motifs is 2. The van der Waals surface area contributed by atoms with Crippen molar-refractivity contribution in [2.45, 2.75) is 38.5 Å². The first-order chi connectivity index (χ1) is 15.3. The van der Waals surface area contributed by atoms with Crippen molar-refractivity contribution < 1.29 is 4.74 Å². The Balaban J connectivity index is 1.60. The summed E-state index contributed by atoms with van der Waals surface area (Å²) >= 11 is 0. The molecule has 0 unspecified atom stereocenters. The summed E-state index contributed by atoms with van der Waals surface area (Å²) in [4.78, 5) is 2.33. The fourth-order valence-electron chi connectivity index (χ4n) is 4.86. The molecule has 2 aliphatic rings. The van der Waals surface area contributed by atoms with Crippen molar-refractivity contribution >= 4 is 16.8 Å². The number of ether oxygens (including phenoxy) is 1. The summed E-state index contributed by atoms with van der Waals surface area (Å²) in [7, 11) is 1.72. The van der Waals surface area contributed by atoms with E-state index in [1.165, 1.54) is 59.1 Å². The Hall–Kier alpha value is -3.26. The van der Waals surface area contributed by atoms with Crippen LogP contribution in [-0.2, 0) is 12.8 Å². The third kappa shape index (κ3) is 4.16. The summed E-state index contributed by atoms with van der Waals surface area (Å²) in [6.45, 7) is 0. The summed E-state index contributed by atoms with van der Waals surface area (Å²) < 4.78 is 5.39. The van der Waals surface area contributed by atoms with Crippen molar-refractivity contribution in [1.29, 1.82) is 0 Å². The highest BCUT2D eigenvalue weighted by atomic mass is 16.5. The van der Waals surface area contributed by atoms with E-state index in [-0.39, 0.29) is 0 Å². The molecular formula is C29H29NO. The van der Waals surface area contributed by atoms with Gasteiger partial charge in [-0.2, -0.15) is 0 Å². The second-order valence-electron chi connectivity index (χ2n) is 8.44. The predicted molar refractivity (Wildman–Crippen MR) is 130 cm³/mol. The zero-order valence-electron chi connectivity index (χ0n) is 18.2. The number of hydrogen-bond acceptors (Lipinski definition) is 2. The lowest BCUT2D eigenvalue weighted by atomic mass is 9.87. The van der Waals surface area contributed by atoms with Gasteiger partial charge in [0.15, 0.2) is 0 Å². The summed E-state index contributed by atoms with van der Waals surface area (Å²) in [6, 6.07) is 26.1. The smallest absolute Gasteiger partial charge is 0.119 e. The van der Waals surface area contributed by atoms with Crippen LogP contribution in [0.15, 0.2) is 85.2 Å². The minimum absolute atomic E-state index is 0.884. The van der Waals surface area contributed by atoms with E-state index >= 15 is 0 Å². The molecule has 2 heteroatoms. The number of allylic oxidation sites excluding steroid dienone is 2. The minimum atomic E-state index is 0.884. The molecule has 0 N–H and O–H groups in total. The van der Waals surface area contributed by atoms with Crippen molar-refractivity contribution in [3.8, 4) is 5.75 Å². The first kappa shape index (κ1) is 19.7. The number of aryl methyl sites for hydroxylation is 2. The lowest BCUT2D eigenvalue weighted by Gasteiger charge is -2.26. The standard InChI is InChI=1S/C29H29NO/c1-31-27-18-16-26(17-19-27)30(20-24-12-6-10-22-8-2-4-14-28(22)24)21-25-13-7-11-23-9-3-5-15-29(23)25/h2-5,8-9,14-21H,6-7,10-13H2,1H3. The Morgan fingerprint density at radius 2 is 1.16 bits per heavy atom. The first-order valence-corrected chi connectivity index (χ1v) is 11.3. The van der Waals surface area contributed by atoms with Crippen LogP contribution in [0.5, 0.6) is 5.75 Å². The summed E-state index contributed by atoms with van der Waals surface area (Å²) in [5.41, 5.74) is 9.71. The molecule has 0 bridgehead atoms. The number of anilines is 1. The highest BCUT2D eigenvalue weighted by Gasteiger charge is 2.17. The second kappa shape index (κ2) is 8.85. The zero-order chi connectivity index (χ0) is 21.0. The number of nitrogens with zero attached hydrogens (tertiary/aromatic N) is 1. The van der Waals surface area contributed by atoms with E-state index in [9.17, 15) is 0 Å². The molecule has 31 heavy (non-hydrogen) atoms. The van der Waals surface area contributed by atoms with E-state index in [0.29, 0.717) is 0 Å². The van der Waals surface area contributed by atoms with Gasteiger partial charge in [0.2, 0.25) is 0 Å². The zero-order valence-corrected chi connectivity index (χ0v) is 18.2. The van der Waals surface area contributed by atoms with Crippen molar-refractivity contribution in [2.75, 3.05) is 12.0 Å². The van der Waals surface area contributed by atoms with Gasteiger partial charge >= 0.3 is 0 Å². The summed E-state index contributed by atoms with van der Waals surface area (Å²) in [5, 5.41) is 0. The topological polar surface area (TPSA) is 12.5 Å². The summed E-state index contributed by atoms with van der Waals surface area (Å²) in [6.07, 6.45) is 11.7. The van der Waals surface area contributed by atoms with Gasteiger partial charge in [0, 0.05) is 18.1 Å². The summed E-state index contributed by atoms with van der Waals surface area (Å²) in [5.74, 6) is 0.884. The molecule has 3 aromatic rings. The molecule has 0 spiro atoms. The van der Waals surface area contributed by atoms with Gasteiger partial charge in [-0.3, -0.25) is 0 Å². The second-order valence-corrected chi connectivity index (χ2v) is 8.44. The third-order valence-corrected chi connectivity index (χ3v) is 6.47. The first-order valence-electron chi connectivity index (χ1n) is 11.3. The molecule has 0 heterocycles. The fourth-order valence-corrected chi connectivity index (χ4v) is 4.86. The van der Waals surface area contributed by atoms with E-state index in [2.05, 4.69) is 78.0 Å². The SMILES string of the molecule is COc1ccc(N(C=C2CCCc3ccccc32)C=C2CCCc3ccccc32)cc1. The van der Waals surface area contributed by atoms with Crippen LogP contribution in [0.1, 0.15) is 47.9 Å². The van der Waals surface area contributed by atoms with Gasteiger partial charge in [-0.05, 0) is 96.2 Å². The van der Waals surface area contributed by atoms with E-state index in [1.807, 2.05) is 12.1 Å². The van der Waals surface area contributed by atoms with Crippen LogP contribution in [0.4, 0.5) is 5.69 Å². The van der Waals surface area contributed by atoms with Gasteiger partial charge in [-0.25, -0.2) is 0 Å². The third-order valence-electron chi connectivity index (χ3n) is 6.47. The molecule has 0 saturated heterocycles. The largest absolute Gasteiger partial charge is 0.497 e. The molecule has 0 aromatic heterocycles. The molecule has 2 aliphatic carbocycles. The van der Waals surface area contributed by atoms with Crippen LogP contribution >= 0.6 is 0 Å². The van der Waals surface area contributed by atoms with E-state index in [1.54, 1.807) is 7.11 Å². The molecule has 0 amide bonds. The van der Waals surface area contributed by atoms with Crippen LogP contribution in [-0.4, -0.2) is 7.11 Å². The van der Waals surface area contributed by atoms with Crippen LogP contribution in [0.25, 0.3) is 11.1 Å². The molecule has 0 fully saturated rings. The van der Waals surface area contributed by atoms with Crippen LogP contribution in [0.2, 0.25) is 0 Å². The van der Waals surface area contributed by atoms with E-state index in [4.69, 9.17) is 4.74 Å². The van der Waals surface area contributed by atoms with Gasteiger partial charge in [0.05, 0.1) is 7.11 Å². The Kier molecular flexibility index (Phi) is 5.62. The molecule has 3 aromatic carbocycles. The van der Waals surface area contributed by atoms with Gasteiger partial charge in [-0.1, -0.05) is 48.5 Å². The predicted octanol–water partition coefficient (Wildman–Crippen LogP) is 7.26. The molecule has 2 nitrogen and oxygen atoms in total. The fraction of sp³-hybridized carbons (Fsp3) is 0.241. The number of hydrogen-bond donors (Lipinski definition) is 0. The maximum absolute atomic E-state index is 5.39. The quantitative estimate of drug-likeness (QED) is 0.451. The van der Waals surface area contributed by atoms with Crippen molar-refractivity contribution in [3.05, 3.63) is 107 Å². The molecule has 0 radical (unpaired) electrons. The normalized spacial score (nSPS) is 17.8. The average molecular weight is 408 g/mol. The minimum Gasteiger partial charge on any atom is -0.497 e. The maximum Gasteiger partial charge on any atom is 0.119 e. The Morgan fingerprint density at radius 1 is 0.645 bits per heavy atom. The molecule has 0 saturated carbocycles. The monoisotopic (exact) mass is 407 g/mol. The molecule has 0 atom stereocenters. The number of benzene rings is 3. The Bertz CT molecular complexity index is 1060. The highest BCUT2D eigenvalue weighted by Crippen LogP contribution is 2.35. The molecular weight excluding hydrogens is 378 g/mol. The lowest BCUT2D eigenvalue weighted by molar-refractivity contribution is 0.415. The Labute approximate surface area is 185 Å². The number of rotatable bonds is 4. The van der Waals surface area contributed by atoms with Gasteiger partial charge in [0.1, 0.15) is 5.75 Å². The van der Waals surface area contributed by atoms with Crippen LogP contribution in [0, 0.1) is 0 Å². The maximum atomic E-state index is 5.39. The van der Waals surface area contributed by atoms with Crippen molar-refractivity contribution in [1.82, 2.24) is 0 Å². The van der Waals surface area contributed by atoms with Gasteiger partial charge < -0.3 is 9.64 Å². The van der Waals surface area contributed by atoms with Crippen LogP contribution < -0.4 is 9.64 Å². The van der Waals surface area contributed by atoms with Crippen LogP contribution in [0.3, 0.4) is 0 Å². The highest BCUT2D eigenvalue weighted by molar-refractivity contribution is 5.77. The number of methoxy groups -OCH3 is 1. The van der Waals surface area contributed by atoms with Gasteiger partial charge in [-0.15, -0.1) is 0 Å². The average Bonchev–Trinajstić information content (AvgIpc) is 2.84. The van der Waals surface area contributed by atoms with E-state index < -0.39 is 0 Å². The Morgan fingerprint density at radius 3 is 1.68 bits per heavy atom. The molecule has 5 rings (SSSR count). The lowest BCUT2D eigenvalue weighted by Crippen LogP contribution is -2.13. The molecule has 156 valence electrons. The van der Waals surface area contributed by atoms with Crippen molar-refractivity contribution in [2.24, 2.45) is 0 Å².